The minimum absolute atomic E-state index is 1.01. The fourth-order valence-electron chi connectivity index (χ4n) is 2.73. The van der Waals surface area contributed by atoms with Crippen LogP contribution in [0.1, 0.15) is 12.8 Å². The molecule has 0 saturated carbocycles. The lowest BCUT2D eigenvalue weighted by Crippen LogP contribution is -1.90. The largest absolute Gasteiger partial charge is 0.236 e. The zero-order valence-corrected chi connectivity index (χ0v) is 15.8. The zero-order chi connectivity index (χ0) is 17.6. The van der Waals surface area contributed by atoms with E-state index in [0.717, 1.165) is 56.2 Å². The van der Waals surface area contributed by atoms with Crippen molar-refractivity contribution in [3.8, 4) is 0 Å². The molecule has 2 aromatic heterocycles. The third kappa shape index (κ3) is 3.97. The van der Waals surface area contributed by atoms with Gasteiger partial charge in [-0.2, -0.15) is 0 Å². The van der Waals surface area contributed by atoms with Crippen molar-refractivity contribution >= 4 is 45.3 Å². The van der Waals surface area contributed by atoms with Gasteiger partial charge in [-0.1, -0.05) is 36.4 Å². The van der Waals surface area contributed by atoms with E-state index in [0.29, 0.717) is 0 Å². The third-order valence-electron chi connectivity index (χ3n) is 4.03. The molecular weight excluding hydrogens is 360 g/mol. The van der Waals surface area contributed by atoms with E-state index in [9.17, 15) is 0 Å². The van der Waals surface area contributed by atoms with Crippen LogP contribution in [0.4, 0.5) is 0 Å². The van der Waals surface area contributed by atoms with Crippen LogP contribution < -0.4 is 0 Å². The van der Waals surface area contributed by atoms with Gasteiger partial charge in [0.25, 0.3) is 0 Å². The summed E-state index contributed by atoms with van der Waals surface area (Å²) in [7, 11) is 0. The van der Waals surface area contributed by atoms with Gasteiger partial charge in [0.05, 0.1) is 11.0 Å². The van der Waals surface area contributed by atoms with Crippen LogP contribution in [0.2, 0.25) is 0 Å². The Balaban J connectivity index is 1.28. The second-order valence-electron chi connectivity index (χ2n) is 5.80. The van der Waals surface area contributed by atoms with E-state index in [2.05, 4.69) is 32.1 Å². The van der Waals surface area contributed by atoms with Crippen molar-refractivity contribution in [1.82, 2.24) is 19.9 Å². The SMILES string of the molecule is c1ccc2c(SCCCCSc3ncnc4ccccc34)ncnc2c1. The molecule has 4 aromatic rings. The molecule has 0 aliphatic carbocycles. The maximum Gasteiger partial charge on any atom is 0.117 e. The van der Waals surface area contributed by atoms with E-state index in [1.807, 2.05) is 59.9 Å². The van der Waals surface area contributed by atoms with Crippen molar-refractivity contribution < 1.29 is 0 Å². The minimum atomic E-state index is 1.01. The Hall–Kier alpha value is -2.18. The Morgan fingerprint density at radius 3 is 1.54 bits per heavy atom. The summed E-state index contributed by atoms with van der Waals surface area (Å²) in [5.74, 6) is 2.12. The minimum Gasteiger partial charge on any atom is -0.236 e. The molecule has 26 heavy (non-hydrogen) atoms. The molecule has 4 rings (SSSR count). The standard InChI is InChI=1S/C20H18N4S2/c1-3-9-17-15(7-1)19(23-13-21-17)25-11-5-6-12-26-20-16-8-2-4-10-18(16)22-14-24-20/h1-4,7-10,13-14H,5-6,11-12H2. The first-order valence-electron chi connectivity index (χ1n) is 8.57. The van der Waals surface area contributed by atoms with Crippen molar-refractivity contribution in [3.05, 3.63) is 61.2 Å². The van der Waals surface area contributed by atoms with Crippen molar-refractivity contribution in [3.63, 3.8) is 0 Å². The van der Waals surface area contributed by atoms with E-state index in [1.165, 1.54) is 0 Å². The molecule has 130 valence electrons. The fourth-order valence-corrected chi connectivity index (χ4v) is 4.72. The first-order chi connectivity index (χ1) is 12.9. The molecule has 0 bridgehead atoms. The molecular formula is C20H18N4S2. The van der Waals surface area contributed by atoms with Gasteiger partial charge in [0.2, 0.25) is 0 Å². The summed E-state index contributed by atoms with van der Waals surface area (Å²) < 4.78 is 0. The predicted octanol–water partition coefficient (Wildman–Crippen LogP) is 5.24. The van der Waals surface area contributed by atoms with Crippen LogP contribution in [-0.4, -0.2) is 31.4 Å². The summed E-state index contributed by atoms with van der Waals surface area (Å²) in [5.41, 5.74) is 2.02. The van der Waals surface area contributed by atoms with E-state index < -0.39 is 0 Å². The topological polar surface area (TPSA) is 51.6 Å². The number of hydrogen-bond donors (Lipinski definition) is 0. The van der Waals surface area contributed by atoms with Gasteiger partial charge in [-0.15, -0.1) is 23.5 Å². The number of benzene rings is 2. The molecule has 0 atom stereocenters. The molecule has 4 nitrogen and oxygen atoms in total. The van der Waals surface area contributed by atoms with Crippen molar-refractivity contribution in [1.29, 1.82) is 0 Å². The molecule has 0 spiro atoms. The Morgan fingerprint density at radius 2 is 1.04 bits per heavy atom. The van der Waals surface area contributed by atoms with E-state index in [4.69, 9.17) is 0 Å². The highest BCUT2D eigenvalue weighted by Crippen LogP contribution is 2.27. The summed E-state index contributed by atoms with van der Waals surface area (Å²) in [6.07, 6.45) is 5.61. The van der Waals surface area contributed by atoms with E-state index in [1.54, 1.807) is 12.7 Å². The molecule has 0 aliphatic rings. The van der Waals surface area contributed by atoms with Gasteiger partial charge < -0.3 is 0 Å². The smallest absolute Gasteiger partial charge is 0.117 e. The highest BCUT2D eigenvalue weighted by atomic mass is 32.2. The monoisotopic (exact) mass is 378 g/mol. The highest BCUT2D eigenvalue weighted by Gasteiger charge is 2.05. The van der Waals surface area contributed by atoms with Crippen LogP contribution >= 0.6 is 23.5 Å². The number of unbranched alkanes of at least 4 members (excludes halogenated alkanes) is 1. The summed E-state index contributed by atoms with van der Waals surface area (Å²) >= 11 is 3.63. The first kappa shape index (κ1) is 17.2. The van der Waals surface area contributed by atoms with Gasteiger partial charge in [-0.05, 0) is 36.5 Å². The maximum atomic E-state index is 4.44. The van der Waals surface area contributed by atoms with Crippen molar-refractivity contribution in [2.24, 2.45) is 0 Å². The van der Waals surface area contributed by atoms with Gasteiger partial charge in [-0.3, -0.25) is 0 Å². The Labute approximate surface area is 160 Å². The normalized spacial score (nSPS) is 11.2. The zero-order valence-electron chi connectivity index (χ0n) is 14.2. The van der Waals surface area contributed by atoms with E-state index in [-0.39, 0.29) is 0 Å². The molecule has 0 unspecified atom stereocenters. The molecule has 0 N–H and O–H groups in total. The molecule has 0 radical (unpaired) electrons. The number of nitrogens with zero attached hydrogens (tertiary/aromatic N) is 4. The van der Waals surface area contributed by atoms with Crippen LogP contribution in [0.5, 0.6) is 0 Å². The Bertz CT molecular complexity index is 929. The lowest BCUT2D eigenvalue weighted by atomic mass is 10.2. The van der Waals surface area contributed by atoms with Gasteiger partial charge in [0, 0.05) is 10.8 Å². The van der Waals surface area contributed by atoms with Crippen LogP contribution in [0, 0.1) is 0 Å². The summed E-state index contributed by atoms with van der Waals surface area (Å²) in [4.78, 5) is 17.5. The third-order valence-corrected chi connectivity index (χ3v) is 6.21. The average Bonchev–Trinajstić information content (AvgIpc) is 2.71. The summed E-state index contributed by atoms with van der Waals surface area (Å²) in [6.45, 7) is 0. The van der Waals surface area contributed by atoms with E-state index >= 15 is 0 Å². The lowest BCUT2D eigenvalue weighted by Gasteiger charge is -2.06. The Kier molecular flexibility index (Phi) is 5.62. The number of rotatable bonds is 7. The molecule has 2 aromatic carbocycles. The average molecular weight is 379 g/mol. The summed E-state index contributed by atoms with van der Waals surface area (Å²) in [5, 5.41) is 4.43. The highest BCUT2D eigenvalue weighted by molar-refractivity contribution is 7.99. The first-order valence-corrected chi connectivity index (χ1v) is 10.5. The maximum absolute atomic E-state index is 4.44. The number of thioether (sulfide) groups is 2. The van der Waals surface area contributed by atoms with Crippen LogP contribution in [-0.2, 0) is 0 Å². The number of hydrogen-bond acceptors (Lipinski definition) is 6. The quantitative estimate of drug-likeness (QED) is 0.249. The number of para-hydroxylation sites is 2. The van der Waals surface area contributed by atoms with Crippen LogP contribution in [0.25, 0.3) is 21.8 Å². The second kappa shape index (κ2) is 8.47. The van der Waals surface area contributed by atoms with Crippen LogP contribution in [0.15, 0.2) is 71.2 Å². The van der Waals surface area contributed by atoms with Gasteiger partial charge in [0.15, 0.2) is 0 Å². The number of fused-ring (bicyclic) bond motifs is 2. The number of aromatic nitrogens is 4. The van der Waals surface area contributed by atoms with Crippen molar-refractivity contribution in [2.75, 3.05) is 11.5 Å². The Morgan fingerprint density at radius 1 is 0.577 bits per heavy atom. The van der Waals surface area contributed by atoms with Gasteiger partial charge in [-0.25, -0.2) is 19.9 Å². The van der Waals surface area contributed by atoms with Crippen molar-refractivity contribution in [2.45, 2.75) is 22.9 Å². The fraction of sp³-hybridized carbons (Fsp3) is 0.200. The van der Waals surface area contributed by atoms with Gasteiger partial charge in [0.1, 0.15) is 22.7 Å². The van der Waals surface area contributed by atoms with Crippen LogP contribution in [0.3, 0.4) is 0 Å². The molecule has 0 fully saturated rings. The molecule has 6 heteroatoms. The molecule has 2 heterocycles. The summed E-state index contributed by atoms with van der Waals surface area (Å²) in [6, 6.07) is 16.3. The molecule has 0 amide bonds. The molecule has 0 saturated heterocycles. The predicted molar refractivity (Wildman–Crippen MR) is 110 cm³/mol. The second-order valence-corrected chi connectivity index (χ2v) is 7.96. The lowest BCUT2D eigenvalue weighted by molar-refractivity contribution is 0.903. The molecule has 0 aliphatic heterocycles. The van der Waals surface area contributed by atoms with Gasteiger partial charge >= 0.3 is 0 Å².